The lowest BCUT2D eigenvalue weighted by atomic mass is 9.72. The number of rotatable bonds is 4. The van der Waals surface area contributed by atoms with Crippen LogP contribution in [0.3, 0.4) is 0 Å². The summed E-state index contributed by atoms with van der Waals surface area (Å²) in [5.74, 6) is 1.24. The van der Waals surface area contributed by atoms with E-state index < -0.39 is 0 Å². The van der Waals surface area contributed by atoms with Crippen molar-refractivity contribution in [3.8, 4) is 0 Å². The number of nitrogens with one attached hydrogen (secondary N) is 2. The molecule has 2 amide bonds. The Morgan fingerprint density at radius 1 is 1.35 bits per heavy atom. The lowest BCUT2D eigenvalue weighted by Gasteiger charge is -2.54. The molecule has 0 spiro atoms. The maximum absolute atomic E-state index is 12.7. The second-order valence-corrected chi connectivity index (χ2v) is 8.56. The fourth-order valence-electron chi connectivity index (χ4n) is 4.96. The second-order valence-electron chi connectivity index (χ2n) is 7.68. The van der Waals surface area contributed by atoms with E-state index in [4.69, 9.17) is 0 Å². The summed E-state index contributed by atoms with van der Waals surface area (Å²) in [6, 6.07) is 8.16. The van der Waals surface area contributed by atoms with E-state index in [0.29, 0.717) is 36.4 Å². The molecule has 0 aliphatic carbocycles. The number of piperidine rings is 3. The molecule has 6 heteroatoms. The van der Waals surface area contributed by atoms with Crippen molar-refractivity contribution in [3.05, 3.63) is 29.8 Å². The van der Waals surface area contributed by atoms with E-state index in [0.717, 1.165) is 30.8 Å². The van der Waals surface area contributed by atoms with Gasteiger partial charge in [-0.3, -0.25) is 9.59 Å². The van der Waals surface area contributed by atoms with Gasteiger partial charge >= 0.3 is 0 Å². The monoisotopic (exact) mass is 373 g/mol. The van der Waals surface area contributed by atoms with Crippen LogP contribution in [0.1, 0.15) is 36.0 Å². The van der Waals surface area contributed by atoms with Crippen LogP contribution in [-0.2, 0) is 4.79 Å². The van der Waals surface area contributed by atoms with E-state index >= 15 is 0 Å². The summed E-state index contributed by atoms with van der Waals surface area (Å²) in [6.07, 6.45) is 5.94. The van der Waals surface area contributed by atoms with Crippen molar-refractivity contribution in [2.45, 2.75) is 42.7 Å². The van der Waals surface area contributed by atoms with Crippen molar-refractivity contribution in [2.75, 3.05) is 25.9 Å². The molecule has 3 saturated heterocycles. The fourth-order valence-corrected chi connectivity index (χ4v) is 5.42. The normalized spacial score (nSPS) is 30.7. The van der Waals surface area contributed by atoms with Crippen molar-refractivity contribution in [2.24, 2.45) is 11.8 Å². The Balaban J connectivity index is 1.48. The molecule has 0 unspecified atom stereocenters. The van der Waals surface area contributed by atoms with E-state index in [9.17, 15) is 9.59 Å². The van der Waals surface area contributed by atoms with Gasteiger partial charge in [-0.05, 0) is 62.1 Å². The van der Waals surface area contributed by atoms with E-state index in [1.807, 2.05) is 30.5 Å². The van der Waals surface area contributed by atoms with Crippen LogP contribution in [0.15, 0.2) is 29.2 Å². The van der Waals surface area contributed by atoms with Gasteiger partial charge in [0, 0.05) is 36.0 Å². The van der Waals surface area contributed by atoms with E-state index in [2.05, 4.69) is 15.5 Å². The van der Waals surface area contributed by atoms with Crippen molar-refractivity contribution in [3.63, 3.8) is 0 Å². The third-order valence-electron chi connectivity index (χ3n) is 6.20. The third kappa shape index (κ3) is 3.37. The van der Waals surface area contributed by atoms with Gasteiger partial charge < -0.3 is 15.5 Å². The molecule has 2 bridgehead atoms. The number of benzene rings is 1. The van der Waals surface area contributed by atoms with E-state index in [1.165, 1.54) is 6.42 Å². The highest BCUT2D eigenvalue weighted by molar-refractivity contribution is 7.98. The number of thioether (sulfide) groups is 1. The molecule has 140 valence electrons. The number of amides is 2. The molecule has 26 heavy (non-hydrogen) atoms. The summed E-state index contributed by atoms with van der Waals surface area (Å²) >= 11 is 1.63. The lowest BCUT2D eigenvalue weighted by molar-refractivity contribution is -0.148. The number of hydrogen-bond donors (Lipinski definition) is 2. The summed E-state index contributed by atoms with van der Waals surface area (Å²) in [6.45, 7) is 2.50. The molecule has 3 aliphatic rings. The highest BCUT2D eigenvalue weighted by Gasteiger charge is 2.47. The van der Waals surface area contributed by atoms with Gasteiger partial charge in [-0.1, -0.05) is 6.07 Å². The number of nitrogens with zero attached hydrogens (tertiary/aromatic N) is 1. The number of hydrogen-bond acceptors (Lipinski definition) is 4. The standard InChI is InChI=1S/C20H27N3O2S/c1-26-16-5-2-4-13(9-16)20(25)22-12-18-15-8-14(10-21-11-15)17-6-3-7-19(24)23(17)18/h2,4-5,9,14-15,17-18,21H,3,6-8,10-12H2,1H3,(H,22,25)/t14-,15+,17+,18+/m1/s1. The average Bonchev–Trinajstić information content (AvgIpc) is 2.68. The minimum Gasteiger partial charge on any atom is -0.350 e. The first-order valence-electron chi connectivity index (χ1n) is 9.61. The molecule has 0 radical (unpaired) electrons. The van der Waals surface area contributed by atoms with Crippen LogP contribution >= 0.6 is 11.8 Å². The lowest BCUT2D eigenvalue weighted by Crippen LogP contribution is -2.66. The minimum absolute atomic E-state index is 0.0483. The number of fused-ring (bicyclic) bond motifs is 4. The molecular formula is C20H27N3O2S. The van der Waals surface area contributed by atoms with Crippen molar-refractivity contribution < 1.29 is 9.59 Å². The first kappa shape index (κ1) is 17.9. The largest absolute Gasteiger partial charge is 0.350 e. The molecule has 1 aromatic rings. The molecule has 4 rings (SSSR count). The van der Waals surface area contributed by atoms with Gasteiger partial charge in [-0.15, -0.1) is 11.8 Å². The van der Waals surface area contributed by atoms with Crippen LogP contribution in [0.4, 0.5) is 0 Å². The summed E-state index contributed by atoms with van der Waals surface area (Å²) in [4.78, 5) is 28.5. The molecule has 3 fully saturated rings. The first-order valence-corrected chi connectivity index (χ1v) is 10.8. The predicted molar refractivity (Wildman–Crippen MR) is 103 cm³/mol. The number of carbonyl (C=O) groups is 2. The molecule has 0 saturated carbocycles. The zero-order valence-electron chi connectivity index (χ0n) is 15.2. The fraction of sp³-hybridized carbons (Fsp3) is 0.600. The molecule has 0 aromatic heterocycles. The Hall–Kier alpha value is -1.53. The predicted octanol–water partition coefficient (Wildman–Crippen LogP) is 2.13. The van der Waals surface area contributed by atoms with E-state index in [1.54, 1.807) is 11.8 Å². The second kappa shape index (κ2) is 7.61. The molecule has 3 heterocycles. The molecule has 4 atom stereocenters. The first-order chi connectivity index (χ1) is 12.7. The SMILES string of the molecule is CSc1cccc(C(=O)NC[C@H]2[C@@H]3CNC[C@@H](C3)[C@@H]3CCCC(=O)N32)c1. The number of carbonyl (C=O) groups excluding carboxylic acids is 2. The summed E-state index contributed by atoms with van der Waals surface area (Å²) in [5.41, 5.74) is 0.689. The Morgan fingerprint density at radius 3 is 3.04 bits per heavy atom. The van der Waals surface area contributed by atoms with Gasteiger partial charge in [0.15, 0.2) is 0 Å². The highest BCUT2D eigenvalue weighted by Crippen LogP contribution is 2.39. The Labute approximate surface area is 159 Å². The van der Waals surface area contributed by atoms with Gasteiger partial charge in [-0.2, -0.15) is 0 Å². The smallest absolute Gasteiger partial charge is 0.251 e. The van der Waals surface area contributed by atoms with Gasteiger partial charge in [-0.25, -0.2) is 0 Å². The Bertz CT molecular complexity index is 695. The van der Waals surface area contributed by atoms with Gasteiger partial charge in [0.05, 0.1) is 6.04 Å². The summed E-state index contributed by atoms with van der Waals surface area (Å²) in [7, 11) is 0. The molecule has 2 N–H and O–H groups in total. The highest BCUT2D eigenvalue weighted by atomic mass is 32.2. The summed E-state index contributed by atoms with van der Waals surface area (Å²) < 4.78 is 0. The maximum atomic E-state index is 12.7. The molecular weight excluding hydrogens is 346 g/mol. The van der Waals surface area contributed by atoms with E-state index in [-0.39, 0.29) is 17.9 Å². The van der Waals surface area contributed by atoms with Crippen LogP contribution in [0.25, 0.3) is 0 Å². The molecule has 5 nitrogen and oxygen atoms in total. The Morgan fingerprint density at radius 2 is 2.19 bits per heavy atom. The van der Waals surface area contributed by atoms with Crippen molar-refractivity contribution in [1.82, 2.24) is 15.5 Å². The summed E-state index contributed by atoms with van der Waals surface area (Å²) in [5, 5.41) is 6.65. The Kier molecular flexibility index (Phi) is 5.23. The quantitative estimate of drug-likeness (QED) is 0.794. The van der Waals surface area contributed by atoms with Crippen molar-refractivity contribution >= 4 is 23.6 Å². The van der Waals surface area contributed by atoms with Gasteiger partial charge in [0.25, 0.3) is 5.91 Å². The van der Waals surface area contributed by atoms with Gasteiger partial charge in [0.1, 0.15) is 0 Å². The molecule has 3 aliphatic heterocycles. The van der Waals surface area contributed by atoms with Crippen molar-refractivity contribution in [1.29, 1.82) is 0 Å². The van der Waals surface area contributed by atoms with Crippen LogP contribution in [0, 0.1) is 11.8 Å². The average molecular weight is 374 g/mol. The zero-order chi connectivity index (χ0) is 18.1. The molecule has 1 aromatic carbocycles. The third-order valence-corrected chi connectivity index (χ3v) is 6.93. The van der Waals surface area contributed by atoms with Crippen LogP contribution in [0.5, 0.6) is 0 Å². The minimum atomic E-state index is -0.0483. The topological polar surface area (TPSA) is 61.4 Å². The van der Waals surface area contributed by atoms with Crippen LogP contribution in [-0.4, -0.2) is 54.7 Å². The van der Waals surface area contributed by atoms with Crippen LogP contribution in [0.2, 0.25) is 0 Å². The van der Waals surface area contributed by atoms with Gasteiger partial charge in [0.2, 0.25) is 5.91 Å². The maximum Gasteiger partial charge on any atom is 0.251 e. The van der Waals surface area contributed by atoms with Crippen LogP contribution < -0.4 is 10.6 Å². The zero-order valence-corrected chi connectivity index (χ0v) is 16.1.